The van der Waals surface area contributed by atoms with Gasteiger partial charge in [0.2, 0.25) is 5.91 Å². The van der Waals surface area contributed by atoms with Crippen LogP contribution in [0.4, 0.5) is 0 Å². The number of carbonyl (C=O) groups excluding carboxylic acids is 1. The summed E-state index contributed by atoms with van der Waals surface area (Å²) in [4.78, 5) is 13.4. The average molecular weight is 213 g/mol. The minimum Gasteiger partial charge on any atom is -0.331 e. The lowest BCUT2D eigenvalue weighted by Crippen LogP contribution is -2.28. The Morgan fingerprint density at radius 2 is 2.12 bits per heavy atom. The van der Waals surface area contributed by atoms with Gasteiger partial charge in [0, 0.05) is 13.5 Å². The highest BCUT2D eigenvalue weighted by atomic mass is 16.2. The lowest BCUT2D eigenvalue weighted by molar-refractivity contribution is -0.129. The zero-order valence-electron chi connectivity index (χ0n) is 9.44. The average Bonchev–Trinajstić information content (AvgIpc) is 2.73. The molecule has 0 spiro atoms. The van der Waals surface area contributed by atoms with Gasteiger partial charge in [-0.1, -0.05) is 36.9 Å². The van der Waals surface area contributed by atoms with Gasteiger partial charge in [0.1, 0.15) is 0 Å². The molecule has 0 bridgehead atoms. The molecule has 1 amide bonds. The zero-order valence-corrected chi connectivity index (χ0v) is 9.44. The molecule has 16 heavy (non-hydrogen) atoms. The van der Waals surface area contributed by atoms with Crippen molar-refractivity contribution in [1.29, 1.82) is 0 Å². The lowest BCUT2D eigenvalue weighted by atomic mass is 10.0. The van der Waals surface area contributed by atoms with Crippen molar-refractivity contribution in [3.05, 3.63) is 53.8 Å². The predicted octanol–water partition coefficient (Wildman–Crippen LogP) is 2.69. The van der Waals surface area contributed by atoms with E-state index in [1.54, 1.807) is 6.92 Å². The minimum absolute atomic E-state index is 0.0381. The maximum atomic E-state index is 11.6. The van der Waals surface area contributed by atoms with Gasteiger partial charge in [0.25, 0.3) is 0 Å². The fraction of sp³-hybridized carbons (Fsp3) is 0.286. The molecule has 1 heterocycles. The van der Waals surface area contributed by atoms with Crippen LogP contribution in [0.5, 0.6) is 0 Å². The molecule has 2 heteroatoms. The van der Waals surface area contributed by atoms with Crippen LogP contribution in [0, 0.1) is 0 Å². The maximum absolute atomic E-state index is 11.6. The van der Waals surface area contributed by atoms with Crippen LogP contribution in [0.25, 0.3) is 0 Å². The topological polar surface area (TPSA) is 20.3 Å². The number of likely N-dealkylation sites (tertiary alicyclic amines) is 1. The molecule has 2 rings (SSSR count). The van der Waals surface area contributed by atoms with Crippen molar-refractivity contribution >= 4 is 5.91 Å². The Kier molecular flexibility index (Phi) is 2.93. The van der Waals surface area contributed by atoms with Crippen molar-refractivity contribution in [2.75, 3.05) is 6.54 Å². The SMILES string of the molecule is C=C=C1CCN(C(C)=O)C1c1ccccc1. The molecule has 2 nitrogen and oxygen atoms in total. The molecule has 1 fully saturated rings. The molecule has 1 aliphatic heterocycles. The number of benzene rings is 1. The third kappa shape index (κ3) is 1.80. The first-order chi connectivity index (χ1) is 7.74. The van der Waals surface area contributed by atoms with E-state index in [0.717, 1.165) is 24.1 Å². The molecule has 1 aliphatic rings. The normalized spacial score (nSPS) is 19.7. The van der Waals surface area contributed by atoms with Gasteiger partial charge in [-0.2, -0.15) is 0 Å². The van der Waals surface area contributed by atoms with Crippen molar-refractivity contribution in [1.82, 2.24) is 4.90 Å². The minimum atomic E-state index is 0.0381. The van der Waals surface area contributed by atoms with Crippen molar-refractivity contribution < 1.29 is 4.79 Å². The predicted molar refractivity (Wildman–Crippen MR) is 63.8 cm³/mol. The Morgan fingerprint density at radius 3 is 2.69 bits per heavy atom. The standard InChI is InChI=1S/C14H15NO/c1-3-12-9-10-15(11(2)16)14(12)13-7-5-4-6-8-13/h4-8,14H,1,9-10H2,2H3. The van der Waals surface area contributed by atoms with Gasteiger partial charge >= 0.3 is 0 Å². The molecule has 1 aromatic rings. The number of amides is 1. The van der Waals surface area contributed by atoms with Gasteiger partial charge in [-0.15, -0.1) is 5.73 Å². The number of carbonyl (C=O) groups is 1. The highest BCUT2D eigenvalue weighted by Gasteiger charge is 2.31. The Bertz CT molecular complexity index is 443. The molecule has 0 aromatic heterocycles. The summed E-state index contributed by atoms with van der Waals surface area (Å²) in [5.41, 5.74) is 5.22. The maximum Gasteiger partial charge on any atom is 0.220 e. The zero-order chi connectivity index (χ0) is 11.5. The van der Waals surface area contributed by atoms with E-state index in [4.69, 9.17) is 0 Å². The van der Waals surface area contributed by atoms with Crippen molar-refractivity contribution in [3.8, 4) is 0 Å². The van der Waals surface area contributed by atoms with E-state index in [1.807, 2.05) is 35.2 Å². The van der Waals surface area contributed by atoms with Crippen LogP contribution >= 0.6 is 0 Å². The lowest BCUT2D eigenvalue weighted by Gasteiger charge is -2.23. The van der Waals surface area contributed by atoms with E-state index in [1.165, 1.54) is 0 Å². The first-order valence-corrected chi connectivity index (χ1v) is 5.45. The fourth-order valence-electron chi connectivity index (χ4n) is 2.24. The first kappa shape index (κ1) is 10.7. The fourth-order valence-corrected chi connectivity index (χ4v) is 2.24. The smallest absolute Gasteiger partial charge is 0.220 e. The summed E-state index contributed by atoms with van der Waals surface area (Å²) < 4.78 is 0. The molecule has 0 saturated carbocycles. The van der Waals surface area contributed by atoms with E-state index >= 15 is 0 Å². The molecule has 1 aromatic carbocycles. The third-order valence-corrected chi connectivity index (χ3v) is 3.01. The van der Waals surface area contributed by atoms with Crippen molar-refractivity contribution in [2.45, 2.75) is 19.4 Å². The second-order valence-electron chi connectivity index (χ2n) is 3.98. The van der Waals surface area contributed by atoms with Crippen LogP contribution in [0.3, 0.4) is 0 Å². The molecule has 0 aliphatic carbocycles. The summed E-state index contributed by atoms with van der Waals surface area (Å²) in [6.45, 7) is 6.10. The second kappa shape index (κ2) is 4.38. The number of rotatable bonds is 1. The van der Waals surface area contributed by atoms with Crippen LogP contribution in [-0.4, -0.2) is 17.4 Å². The second-order valence-corrected chi connectivity index (χ2v) is 3.98. The van der Waals surface area contributed by atoms with Crippen molar-refractivity contribution in [2.24, 2.45) is 0 Å². The summed E-state index contributed by atoms with van der Waals surface area (Å²) in [6.07, 6.45) is 0.878. The Morgan fingerprint density at radius 1 is 1.44 bits per heavy atom. The summed E-state index contributed by atoms with van der Waals surface area (Å²) in [7, 11) is 0. The molecule has 0 N–H and O–H groups in total. The van der Waals surface area contributed by atoms with Crippen LogP contribution in [-0.2, 0) is 4.79 Å². The van der Waals surface area contributed by atoms with Crippen LogP contribution in [0.15, 0.2) is 48.2 Å². The van der Waals surface area contributed by atoms with E-state index < -0.39 is 0 Å². The van der Waals surface area contributed by atoms with E-state index in [-0.39, 0.29) is 11.9 Å². The Labute approximate surface area is 95.9 Å². The highest BCUT2D eigenvalue weighted by Crippen LogP contribution is 2.35. The first-order valence-electron chi connectivity index (χ1n) is 5.45. The quantitative estimate of drug-likeness (QED) is 0.657. The summed E-state index contributed by atoms with van der Waals surface area (Å²) in [5.74, 6) is 0.110. The molecule has 1 unspecified atom stereocenters. The Balaban J connectivity index is 2.42. The molecule has 1 atom stereocenters. The molecular formula is C14H15NO. The van der Waals surface area contributed by atoms with Crippen LogP contribution in [0.2, 0.25) is 0 Å². The third-order valence-electron chi connectivity index (χ3n) is 3.01. The van der Waals surface area contributed by atoms with Crippen molar-refractivity contribution in [3.63, 3.8) is 0 Å². The highest BCUT2D eigenvalue weighted by molar-refractivity contribution is 5.75. The molecular weight excluding hydrogens is 198 g/mol. The number of nitrogens with zero attached hydrogens (tertiary/aromatic N) is 1. The Hall–Kier alpha value is -1.79. The van der Waals surface area contributed by atoms with Gasteiger partial charge < -0.3 is 4.90 Å². The largest absolute Gasteiger partial charge is 0.331 e. The summed E-state index contributed by atoms with van der Waals surface area (Å²) >= 11 is 0. The van der Waals surface area contributed by atoms with Crippen LogP contribution < -0.4 is 0 Å². The van der Waals surface area contributed by atoms with Gasteiger partial charge in [0.15, 0.2) is 0 Å². The van der Waals surface area contributed by atoms with E-state index in [0.29, 0.717) is 0 Å². The number of hydrogen-bond donors (Lipinski definition) is 0. The van der Waals surface area contributed by atoms with Gasteiger partial charge in [-0.25, -0.2) is 0 Å². The molecule has 0 radical (unpaired) electrons. The van der Waals surface area contributed by atoms with Crippen LogP contribution in [0.1, 0.15) is 24.9 Å². The molecule has 82 valence electrons. The van der Waals surface area contributed by atoms with E-state index in [2.05, 4.69) is 12.3 Å². The number of hydrogen-bond acceptors (Lipinski definition) is 1. The summed E-state index contributed by atoms with van der Waals surface area (Å²) in [5, 5.41) is 0. The summed E-state index contributed by atoms with van der Waals surface area (Å²) in [6, 6.07) is 10.1. The van der Waals surface area contributed by atoms with Gasteiger partial charge in [-0.3, -0.25) is 4.79 Å². The monoisotopic (exact) mass is 213 g/mol. The van der Waals surface area contributed by atoms with E-state index in [9.17, 15) is 4.79 Å². The van der Waals surface area contributed by atoms with Gasteiger partial charge in [-0.05, 0) is 17.6 Å². The van der Waals surface area contributed by atoms with Gasteiger partial charge in [0.05, 0.1) is 6.04 Å². The molecule has 1 saturated heterocycles.